The average Bonchev–Trinajstić information content (AvgIpc) is 3.08. The van der Waals surface area contributed by atoms with Gasteiger partial charge < -0.3 is 105 Å². The van der Waals surface area contributed by atoms with Gasteiger partial charge in [0.1, 0.15) is 97.5 Å². The molecule has 0 saturated carbocycles. The fraction of sp³-hybridized carbons (Fsp3) is 0.929. The Labute approximate surface area is 289 Å². The second-order valence-electron chi connectivity index (χ2n) is 12.7. The van der Waals surface area contributed by atoms with Gasteiger partial charge in [0.15, 0.2) is 25.2 Å². The van der Waals surface area contributed by atoms with Crippen LogP contribution in [0.5, 0.6) is 0 Å². The third-order valence-corrected chi connectivity index (χ3v) is 8.99. The van der Waals surface area contributed by atoms with E-state index in [2.05, 4.69) is 10.6 Å². The summed E-state index contributed by atoms with van der Waals surface area (Å²) in [4.78, 5) is 23.9. The Kier molecular flexibility index (Phi) is 14.8. The summed E-state index contributed by atoms with van der Waals surface area (Å²) >= 11 is 0. The van der Waals surface area contributed by atoms with E-state index < -0.39 is 161 Å². The molecule has 4 heterocycles. The molecule has 0 spiro atoms. The van der Waals surface area contributed by atoms with Gasteiger partial charge in [0, 0.05) is 13.8 Å². The number of ether oxygens (including phenoxy) is 7. The zero-order chi connectivity index (χ0) is 37.9. The number of amides is 2. The van der Waals surface area contributed by atoms with E-state index in [1.165, 1.54) is 0 Å². The van der Waals surface area contributed by atoms with Crippen LogP contribution in [0, 0.1) is 0 Å². The van der Waals surface area contributed by atoms with Crippen LogP contribution in [-0.4, -0.2) is 222 Å². The lowest BCUT2D eigenvalue weighted by atomic mass is 9.94. The highest BCUT2D eigenvalue weighted by Gasteiger charge is 2.54. The molecule has 20 atom stereocenters. The number of hydrogen-bond acceptors (Lipinski definition) is 21. The molecule has 0 radical (unpaired) electrons. The Morgan fingerprint density at radius 1 is 0.510 bits per heavy atom. The summed E-state index contributed by atoms with van der Waals surface area (Å²) in [6, 6.07) is -3.07. The van der Waals surface area contributed by atoms with Crippen molar-refractivity contribution in [3.05, 3.63) is 0 Å². The first-order chi connectivity index (χ1) is 24.0. The van der Waals surface area contributed by atoms with Crippen LogP contribution in [0.2, 0.25) is 0 Å². The van der Waals surface area contributed by atoms with Crippen molar-refractivity contribution >= 4 is 11.8 Å². The first-order valence-electron chi connectivity index (χ1n) is 16.1. The summed E-state index contributed by atoms with van der Waals surface area (Å²) in [5, 5.41) is 130. The normalized spacial score (nSPS) is 47.8. The molecule has 4 aliphatic rings. The van der Waals surface area contributed by atoms with Gasteiger partial charge >= 0.3 is 0 Å². The van der Waals surface area contributed by atoms with Crippen molar-refractivity contribution in [1.29, 1.82) is 0 Å². The van der Waals surface area contributed by atoms with Gasteiger partial charge in [-0.25, -0.2) is 0 Å². The molecule has 51 heavy (non-hydrogen) atoms. The van der Waals surface area contributed by atoms with Crippen molar-refractivity contribution in [2.75, 3.05) is 26.4 Å². The molecule has 0 bridgehead atoms. The van der Waals surface area contributed by atoms with E-state index in [9.17, 15) is 70.9 Å². The Bertz CT molecular complexity index is 1140. The fourth-order valence-electron chi connectivity index (χ4n) is 6.24. The SMILES string of the molecule is CC(=O)N[C@H]1[C@H](O[C@H]2[C@@H](O)[C@@H](CO)O[C@@H](O[C@H]3[C@@H](O)[C@@H](CO[C@@H]4O[C@H](CO)[C@H](O)[C@H](O)[C@H]4O)OC(O)[C@@H]3NC(C)=O)[C@@H]2O)O[C@H](CO)[C@@H](O)[C@@H]1O. The molecular weight excluding hydrogens is 700 g/mol. The molecular formula is C28H48N2O21. The molecule has 0 aliphatic carbocycles. The van der Waals surface area contributed by atoms with Crippen LogP contribution < -0.4 is 10.6 Å². The lowest BCUT2D eigenvalue weighted by Gasteiger charge is -2.49. The first-order valence-corrected chi connectivity index (χ1v) is 16.1. The smallest absolute Gasteiger partial charge is 0.217 e. The quantitative estimate of drug-likeness (QED) is 0.0881. The summed E-state index contributed by atoms with van der Waals surface area (Å²) in [5.74, 6) is -1.43. The van der Waals surface area contributed by atoms with Crippen LogP contribution >= 0.6 is 0 Å². The second-order valence-corrected chi connectivity index (χ2v) is 12.7. The molecule has 1 unspecified atom stereocenters. The van der Waals surface area contributed by atoms with Crippen molar-refractivity contribution in [2.45, 2.75) is 137 Å². The van der Waals surface area contributed by atoms with E-state index in [4.69, 9.17) is 33.2 Å². The number of hydrogen-bond donors (Lipinski definition) is 14. The van der Waals surface area contributed by atoms with Gasteiger partial charge in [-0.3, -0.25) is 9.59 Å². The number of aliphatic hydroxyl groups excluding tert-OH is 12. The van der Waals surface area contributed by atoms with Gasteiger partial charge in [-0.2, -0.15) is 0 Å². The second kappa shape index (κ2) is 18.0. The molecule has 0 aromatic rings. The molecule has 296 valence electrons. The lowest BCUT2D eigenvalue weighted by molar-refractivity contribution is -0.367. The van der Waals surface area contributed by atoms with E-state index >= 15 is 0 Å². The van der Waals surface area contributed by atoms with Crippen LogP contribution in [-0.2, 0) is 42.7 Å². The highest BCUT2D eigenvalue weighted by Crippen LogP contribution is 2.33. The molecule has 2 amide bonds. The van der Waals surface area contributed by atoms with Gasteiger partial charge in [0.25, 0.3) is 0 Å². The Morgan fingerprint density at radius 2 is 0.980 bits per heavy atom. The van der Waals surface area contributed by atoms with Gasteiger partial charge in [0.05, 0.1) is 26.4 Å². The average molecular weight is 749 g/mol. The van der Waals surface area contributed by atoms with Gasteiger partial charge in [-0.15, -0.1) is 0 Å². The summed E-state index contributed by atoms with van der Waals surface area (Å²) < 4.78 is 38.8. The summed E-state index contributed by atoms with van der Waals surface area (Å²) in [5.41, 5.74) is 0. The molecule has 4 fully saturated rings. The van der Waals surface area contributed by atoms with E-state index in [0.29, 0.717) is 0 Å². The monoisotopic (exact) mass is 748 g/mol. The van der Waals surface area contributed by atoms with E-state index in [0.717, 1.165) is 13.8 Å². The van der Waals surface area contributed by atoms with Crippen molar-refractivity contribution < 1.29 is 104 Å². The Hall–Kier alpha value is -1.82. The highest BCUT2D eigenvalue weighted by atomic mass is 16.7. The number of carbonyl (C=O) groups is 2. The highest BCUT2D eigenvalue weighted by molar-refractivity contribution is 5.73. The van der Waals surface area contributed by atoms with E-state index in [-0.39, 0.29) is 0 Å². The molecule has 4 aliphatic heterocycles. The van der Waals surface area contributed by atoms with Gasteiger partial charge in [-0.05, 0) is 0 Å². The molecule has 0 aromatic heterocycles. The van der Waals surface area contributed by atoms with Crippen LogP contribution in [0.4, 0.5) is 0 Å². The van der Waals surface area contributed by atoms with Crippen molar-refractivity contribution in [2.24, 2.45) is 0 Å². The minimum Gasteiger partial charge on any atom is -0.394 e. The van der Waals surface area contributed by atoms with E-state index in [1.807, 2.05) is 0 Å². The van der Waals surface area contributed by atoms with Crippen molar-refractivity contribution in [1.82, 2.24) is 10.6 Å². The summed E-state index contributed by atoms with van der Waals surface area (Å²) in [7, 11) is 0. The zero-order valence-electron chi connectivity index (χ0n) is 27.4. The van der Waals surface area contributed by atoms with Crippen molar-refractivity contribution in [3.63, 3.8) is 0 Å². The van der Waals surface area contributed by atoms with Crippen LogP contribution in [0.15, 0.2) is 0 Å². The standard InChI is InChI=1S/C28H48N2O21/c1-7(34)29-13-19(40)15(36)9(3-31)47-26(13)51-24-17(38)11(5-33)49-28(22(24)43)50-23-14(30-8(2)35)25(44)46-12(18(23)39)6-45-27-21(42)20(41)16(37)10(4-32)48-27/h9-28,31-33,36-44H,3-6H2,1-2H3,(H,29,34)(H,30,35)/t9-,10-,11-,12-,13-,14-,15-,16+,17+,18+,19-,20+,21-,22-,23-,24+,25?,26+,27-,28+/m1/s1. The fourth-order valence-corrected chi connectivity index (χ4v) is 6.24. The third kappa shape index (κ3) is 9.29. The molecule has 4 rings (SSSR count). The Morgan fingerprint density at radius 3 is 1.55 bits per heavy atom. The maximum absolute atomic E-state index is 12.0. The topological polar surface area (TPSA) is 366 Å². The zero-order valence-corrected chi connectivity index (χ0v) is 27.4. The number of nitrogens with one attached hydrogen (secondary N) is 2. The summed E-state index contributed by atoms with van der Waals surface area (Å²) in [6.45, 7) is -1.03. The predicted molar refractivity (Wildman–Crippen MR) is 157 cm³/mol. The number of rotatable bonds is 12. The van der Waals surface area contributed by atoms with E-state index in [1.54, 1.807) is 0 Å². The minimum atomic E-state index is -2.05. The molecule has 14 N–H and O–H groups in total. The lowest BCUT2D eigenvalue weighted by Crippen LogP contribution is -2.69. The minimum absolute atomic E-state index is 0.699. The van der Waals surface area contributed by atoms with Crippen LogP contribution in [0.25, 0.3) is 0 Å². The predicted octanol–water partition coefficient (Wildman–Crippen LogP) is -9.46. The van der Waals surface area contributed by atoms with Gasteiger partial charge in [-0.1, -0.05) is 0 Å². The van der Waals surface area contributed by atoms with Crippen molar-refractivity contribution in [3.8, 4) is 0 Å². The molecule has 4 saturated heterocycles. The number of aliphatic hydroxyl groups is 12. The molecule has 0 aromatic carbocycles. The summed E-state index contributed by atoms with van der Waals surface area (Å²) in [6.07, 6.45) is -31.2. The molecule has 23 nitrogen and oxygen atoms in total. The maximum atomic E-state index is 12.0. The third-order valence-electron chi connectivity index (χ3n) is 8.99. The number of carbonyl (C=O) groups excluding carboxylic acids is 2. The van der Waals surface area contributed by atoms with Crippen LogP contribution in [0.1, 0.15) is 13.8 Å². The molecule has 23 heteroatoms. The van der Waals surface area contributed by atoms with Gasteiger partial charge in [0.2, 0.25) is 11.8 Å². The first kappa shape index (κ1) is 41.9. The largest absolute Gasteiger partial charge is 0.394 e. The van der Waals surface area contributed by atoms with Crippen LogP contribution in [0.3, 0.4) is 0 Å². The maximum Gasteiger partial charge on any atom is 0.217 e. The Balaban J connectivity index is 1.55.